The molecule has 1 aromatic carbocycles. The topological polar surface area (TPSA) is 61.5 Å². The smallest absolute Gasteiger partial charge is 0.255 e. The zero-order valence-corrected chi connectivity index (χ0v) is 18.0. The minimum Gasteiger partial charge on any atom is -0.380 e. The van der Waals surface area contributed by atoms with Crippen LogP contribution in [0.25, 0.3) is 0 Å². The SMILES string of the molecule is N#Cc1cccc(CN2C[C@@H]3C[C@H](C2)c2ccc(CN4CCCOCC4)c(=O)n2C3)c1. The van der Waals surface area contributed by atoms with Crippen LogP contribution < -0.4 is 5.56 Å². The molecule has 5 rings (SSSR count). The van der Waals surface area contributed by atoms with Crippen molar-refractivity contribution >= 4 is 0 Å². The number of aromatic nitrogens is 1. The molecule has 2 bridgehead atoms. The fourth-order valence-electron chi connectivity index (χ4n) is 5.53. The number of hydrogen-bond acceptors (Lipinski definition) is 5. The maximum absolute atomic E-state index is 13.3. The molecule has 0 unspecified atom stereocenters. The predicted molar refractivity (Wildman–Crippen MR) is 119 cm³/mol. The van der Waals surface area contributed by atoms with Gasteiger partial charge in [0.2, 0.25) is 0 Å². The molecule has 1 aromatic heterocycles. The van der Waals surface area contributed by atoms with Gasteiger partial charge in [-0.25, -0.2) is 0 Å². The lowest BCUT2D eigenvalue weighted by Gasteiger charge is -2.43. The molecule has 0 radical (unpaired) electrons. The quantitative estimate of drug-likeness (QED) is 0.764. The molecule has 4 heterocycles. The van der Waals surface area contributed by atoms with Gasteiger partial charge >= 0.3 is 0 Å². The Morgan fingerprint density at radius 1 is 1.03 bits per heavy atom. The third-order valence-electron chi connectivity index (χ3n) is 6.93. The number of fused-ring (bicyclic) bond motifs is 4. The number of hydrogen-bond donors (Lipinski definition) is 0. The monoisotopic (exact) mass is 418 g/mol. The van der Waals surface area contributed by atoms with E-state index in [0.29, 0.717) is 11.8 Å². The van der Waals surface area contributed by atoms with Gasteiger partial charge in [-0.3, -0.25) is 14.6 Å². The van der Waals surface area contributed by atoms with E-state index in [1.54, 1.807) is 0 Å². The Bertz CT molecular complexity index is 1030. The molecule has 2 atom stereocenters. The van der Waals surface area contributed by atoms with Crippen molar-refractivity contribution in [3.8, 4) is 6.07 Å². The van der Waals surface area contributed by atoms with Gasteiger partial charge in [0.1, 0.15) is 0 Å². The second-order valence-electron chi connectivity index (χ2n) is 9.25. The number of piperidine rings is 1. The molecule has 0 spiro atoms. The summed E-state index contributed by atoms with van der Waals surface area (Å²) in [4.78, 5) is 18.1. The van der Waals surface area contributed by atoms with Crippen LogP contribution in [0.1, 0.15) is 41.1 Å². The van der Waals surface area contributed by atoms with Crippen molar-refractivity contribution in [1.82, 2.24) is 14.4 Å². The van der Waals surface area contributed by atoms with Crippen LogP contribution in [-0.4, -0.2) is 53.8 Å². The zero-order valence-electron chi connectivity index (χ0n) is 18.0. The van der Waals surface area contributed by atoms with Gasteiger partial charge in [0.25, 0.3) is 5.56 Å². The molecule has 2 aromatic rings. The number of nitriles is 1. The van der Waals surface area contributed by atoms with Crippen molar-refractivity contribution in [2.75, 3.05) is 39.4 Å². The summed E-state index contributed by atoms with van der Waals surface area (Å²) in [5.74, 6) is 0.907. The summed E-state index contributed by atoms with van der Waals surface area (Å²) in [6.07, 6.45) is 2.19. The Labute approximate surface area is 183 Å². The summed E-state index contributed by atoms with van der Waals surface area (Å²) in [6, 6.07) is 14.4. The van der Waals surface area contributed by atoms with E-state index in [0.717, 1.165) is 83.0 Å². The Morgan fingerprint density at radius 3 is 2.87 bits per heavy atom. The van der Waals surface area contributed by atoms with Crippen LogP contribution in [0.3, 0.4) is 0 Å². The van der Waals surface area contributed by atoms with Crippen molar-refractivity contribution in [2.24, 2.45) is 5.92 Å². The molecule has 0 saturated carbocycles. The van der Waals surface area contributed by atoms with E-state index in [4.69, 9.17) is 10.00 Å². The van der Waals surface area contributed by atoms with Crippen LogP contribution >= 0.6 is 0 Å². The average molecular weight is 419 g/mol. The van der Waals surface area contributed by atoms with E-state index in [2.05, 4.69) is 38.6 Å². The molecule has 6 heteroatoms. The lowest BCUT2D eigenvalue weighted by Crippen LogP contribution is -2.47. The summed E-state index contributed by atoms with van der Waals surface area (Å²) < 4.78 is 7.62. The third kappa shape index (κ3) is 4.45. The van der Waals surface area contributed by atoms with Crippen LogP contribution in [0.2, 0.25) is 0 Å². The molecule has 3 aliphatic rings. The van der Waals surface area contributed by atoms with Gasteiger partial charge in [0.05, 0.1) is 18.2 Å². The fraction of sp³-hybridized carbons (Fsp3) is 0.520. The van der Waals surface area contributed by atoms with Crippen molar-refractivity contribution in [3.05, 3.63) is 69.1 Å². The van der Waals surface area contributed by atoms with E-state index in [1.807, 2.05) is 18.2 Å². The first-order chi connectivity index (χ1) is 15.2. The summed E-state index contributed by atoms with van der Waals surface area (Å²) in [7, 11) is 0. The van der Waals surface area contributed by atoms with E-state index >= 15 is 0 Å². The van der Waals surface area contributed by atoms with Gasteiger partial charge in [-0.15, -0.1) is 0 Å². The van der Waals surface area contributed by atoms with Gasteiger partial charge < -0.3 is 9.30 Å². The van der Waals surface area contributed by atoms with E-state index in [-0.39, 0.29) is 5.56 Å². The zero-order chi connectivity index (χ0) is 21.2. The molecular weight excluding hydrogens is 388 g/mol. The standard InChI is InChI=1S/C25H30N4O2/c26-13-19-3-1-4-20(11-19)14-28-15-21-12-23(18-28)24-6-5-22(25(30)29(24)16-21)17-27-7-2-9-31-10-8-27/h1,3-6,11,21,23H,2,7-10,12,14-18H2/t21-,23+/m0/s1. The number of likely N-dealkylation sites (tertiary alicyclic amines) is 1. The Hall–Kier alpha value is -2.46. The van der Waals surface area contributed by atoms with Crippen LogP contribution in [0.5, 0.6) is 0 Å². The van der Waals surface area contributed by atoms with Crippen LogP contribution in [0.15, 0.2) is 41.2 Å². The summed E-state index contributed by atoms with van der Waals surface area (Å²) >= 11 is 0. The van der Waals surface area contributed by atoms with Gasteiger partial charge in [-0.2, -0.15) is 5.26 Å². The Morgan fingerprint density at radius 2 is 1.97 bits per heavy atom. The molecule has 0 aliphatic carbocycles. The Kier molecular flexibility index (Phi) is 5.91. The van der Waals surface area contributed by atoms with Gasteiger partial charge in [-0.05, 0) is 42.5 Å². The highest BCUT2D eigenvalue weighted by atomic mass is 16.5. The number of pyridine rings is 1. The summed E-state index contributed by atoms with van der Waals surface area (Å²) in [6.45, 7) is 7.84. The van der Waals surface area contributed by atoms with Crippen LogP contribution in [-0.2, 0) is 24.4 Å². The summed E-state index contributed by atoms with van der Waals surface area (Å²) in [5, 5.41) is 9.17. The van der Waals surface area contributed by atoms with E-state index in [9.17, 15) is 4.79 Å². The predicted octanol–water partition coefficient (Wildman–Crippen LogP) is 2.56. The number of rotatable bonds is 4. The van der Waals surface area contributed by atoms with Crippen molar-refractivity contribution in [1.29, 1.82) is 5.26 Å². The van der Waals surface area contributed by atoms with Gasteiger partial charge in [-0.1, -0.05) is 18.2 Å². The number of nitrogens with zero attached hydrogens (tertiary/aromatic N) is 4. The van der Waals surface area contributed by atoms with E-state index in [1.165, 1.54) is 11.3 Å². The highest BCUT2D eigenvalue weighted by Gasteiger charge is 2.35. The first-order valence-corrected chi connectivity index (χ1v) is 11.4. The first-order valence-electron chi connectivity index (χ1n) is 11.4. The molecule has 2 fully saturated rings. The average Bonchev–Trinajstić information content (AvgIpc) is 3.05. The number of ether oxygens (including phenoxy) is 1. The molecule has 0 amide bonds. The van der Waals surface area contributed by atoms with Gasteiger partial charge in [0.15, 0.2) is 0 Å². The van der Waals surface area contributed by atoms with Crippen LogP contribution in [0.4, 0.5) is 0 Å². The maximum Gasteiger partial charge on any atom is 0.255 e. The first kappa shape index (κ1) is 20.4. The second kappa shape index (κ2) is 8.96. The summed E-state index contributed by atoms with van der Waals surface area (Å²) in [5.41, 5.74) is 4.21. The number of benzene rings is 1. The fourth-order valence-corrected chi connectivity index (χ4v) is 5.53. The van der Waals surface area contributed by atoms with Crippen LogP contribution in [0, 0.1) is 17.2 Å². The molecule has 3 aliphatic heterocycles. The third-order valence-corrected chi connectivity index (χ3v) is 6.93. The van der Waals surface area contributed by atoms with Crippen molar-refractivity contribution in [2.45, 2.75) is 38.4 Å². The van der Waals surface area contributed by atoms with Crippen molar-refractivity contribution < 1.29 is 4.74 Å². The molecule has 6 nitrogen and oxygen atoms in total. The largest absolute Gasteiger partial charge is 0.380 e. The second-order valence-corrected chi connectivity index (χ2v) is 9.25. The highest BCUT2D eigenvalue weighted by molar-refractivity contribution is 5.33. The van der Waals surface area contributed by atoms with Crippen molar-refractivity contribution in [3.63, 3.8) is 0 Å². The molecule has 162 valence electrons. The Balaban J connectivity index is 1.32. The lowest BCUT2D eigenvalue weighted by atomic mass is 9.82. The van der Waals surface area contributed by atoms with E-state index < -0.39 is 0 Å². The lowest BCUT2D eigenvalue weighted by molar-refractivity contribution is 0.114. The minimum atomic E-state index is 0.201. The highest BCUT2D eigenvalue weighted by Crippen LogP contribution is 2.35. The molecule has 0 N–H and O–H groups in total. The maximum atomic E-state index is 13.3. The molecular formula is C25H30N4O2. The van der Waals surface area contributed by atoms with Gasteiger partial charge in [0, 0.05) is 69.6 Å². The molecule has 2 saturated heterocycles. The normalized spacial score (nSPS) is 24.2. The minimum absolute atomic E-state index is 0.201. The molecule has 31 heavy (non-hydrogen) atoms.